The number of rotatable bonds is 0. The molecular formula is C8H18O2S. The average molecular weight is 178 g/mol. The van der Waals surface area contributed by atoms with Crippen molar-refractivity contribution in [2.75, 3.05) is 12.5 Å². The van der Waals surface area contributed by atoms with Crippen LogP contribution < -0.4 is 0 Å². The fraction of sp³-hybridized carbons (Fsp3) is 1.00. The molecule has 0 aromatic rings. The van der Waals surface area contributed by atoms with Crippen molar-refractivity contribution in [1.82, 2.24) is 0 Å². The van der Waals surface area contributed by atoms with Gasteiger partial charge >= 0.3 is 0 Å². The van der Waals surface area contributed by atoms with Crippen LogP contribution in [0.25, 0.3) is 0 Å². The second kappa shape index (κ2) is 5.58. The van der Waals surface area contributed by atoms with Crippen LogP contribution in [0.3, 0.4) is 0 Å². The maximum absolute atomic E-state index is 9.63. The van der Waals surface area contributed by atoms with Gasteiger partial charge in [0.15, 0.2) is 0 Å². The van der Waals surface area contributed by atoms with Gasteiger partial charge in [-0.15, -0.1) is 0 Å². The molecule has 0 atom stereocenters. The maximum Gasteiger partial charge on any atom is 0.144 e. The van der Waals surface area contributed by atoms with E-state index in [0.717, 1.165) is 12.5 Å². The van der Waals surface area contributed by atoms with Crippen molar-refractivity contribution in [3.05, 3.63) is 0 Å². The van der Waals surface area contributed by atoms with Crippen LogP contribution in [-0.2, 0) is 9.84 Å². The first kappa shape index (κ1) is 11.0. The number of sulfone groups is 1. The summed E-state index contributed by atoms with van der Waals surface area (Å²) in [6.07, 6.45) is 11.3. The highest BCUT2D eigenvalue weighted by Crippen LogP contribution is 2.15. The van der Waals surface area contributed by atoms with Crippen LogP contribution in [0.1, 0.15) is 38.5 Å². The summed E-state index contributed by atoms with van der Waals surface area (Å²) in [5, 5.41) is 0. The van der Waals surface area contributed by atoms with E-state index in [1.165, 1.54) is 38.5 Å². The van der Waals surface area contributed by atoms with Gasteiger partial charge in [0.25, 0.3) is 0 Å². The molecule has 0 aromatic heterocycles. The molecule has 1 saturated carbocycles. The molecule has 3 heteroatoms. The lowest BCUT2D eigenvalue weighted by Gasteiger charge is -2.05. The summed E-state index contributed by atoms with van der Waals surface area (Å²) in [5.41, 5.74) is 0. The summed E-state index contributed by atoms with van der Waals surface area (Å²) >= 11 is 0. The SMILES string of the molecule is C1CCCCC1.CS(C)(=O)=O. The second-order valence-corrected chi connectivity index (χ2v) is 5.55. The summed E-state index contributed by atoms with van der Waals surface area (Å²) in [7, 11) is -2.67. The van der Waals surface area contributed by atoms with Gasteiger partial charge in [-0.1, -0.05) is 38.5 Å². The molecule has 68 valence electrons. The number of hydrogen-bond donors (Lipinski definition) is 0. The molecule has 0 unspecified atom stereocenters. The first-order valence-corrected chi connectivity index (χ1v) is 6.45. The summed E-state index contributed by atoms with van der Waals surface area (Å²) < 4.78 is 19.3. The van der Waals surface area contributed by atoms with Gasteiger partial charge in [-0.2, -0.15) is 0 Å². The van der Waals surface area contributed by atoms with Crippen molar-refractivity contribution >= 4 is 9.84 Å². The van der Waals surface area contributed by atoms with Crippen molar-refractivity contribution in [2.24, 2.45) is 0 Å². The Kier molecular flexibility index (Phi) is 5.56. The molecule has 0 saturated heterocycles. The van der Waals surface area contributed by atoms with Crippen molar-refractivity contribution in [3.8, 4) is 0 Å². The Hall–Kier alpha value is -0.0500. The second-order valence-electron chi connectivity index (χ2n) is 3.26. The van der Waals surface area contributed by atoms with Gasteiger partial charge in [0.05, 0.1) is 0 Å². The van der Waals surface area contributed by atoms with Crippen molar-refractivity contribution < 1.29 is 8.42 Å². The van der Waals surface area contributed by atoms with Crippen LogP contribution in [0.5, 0.6) is 0 Å². The fourth-order valence-corrected chi connectivity index (χ4v) is 1.06. The molecule has 1 fully saturated rings. The normalized spacial score (nSPS) is 18.4. The Morgan fingerprint density at radius 1 is 0.727 bits per heavy atom. The third-order valence-electron chi connectivity index (χ3n) is 1.50. The third-order valence-corrected chi connectivity index (χ3v) is 1.50. The monoisotopic (exact) mass is 178 g/mol. The molecule has 0 radical (unpaired) electrons. The molecule has 2 nitrogen and oxygen atoms in total. The minimum Gasteiger partial charge on any atom is -0.229 e. The van der Waals surface area contributed by atoms with Crippen LogP contribution in [-0.4, -0.2) is 20.9 Å². The molecule has 1 aliphatic rings. The van der Waals surface area contributed by atoms with Crippen LogP contribution >= 0.6 is 0 Å². The highest BCUT2D eigenvalue weighted by Gasteiger charge is 1.95. The van der Waals surface area contributed by atoms with Gasteiger partial charge < -0.3 is 0 Å². The molecule has 1 aliphatic carbocycles. The third kappa shape index (κ3) is 17.8. The van der Waals surface area contributed by atoms with E-state index in [1.54, 1.807) is 0 Å². The Bertz CT molecular complexity index is 147. The topological polar surface area (TPSA) is 34.1 Å². The van der Waals surface area contributed by atoms with Gasteiger partial charge in [-0.25, -0.2) is 8.42 Å². The minimum atomic E-state index is -2.67. The van der Waals surface area contributed by atoms with Crippen molar-refractivity contribution in [3.63, 3.8) is 0 Å². The Morgan fingerprint density at radius 2 is 0.818 bits per heavy atom. The molecule has 0 aromatic carbocycles. The molecule has 0 bridgehead atoms. The van der Waals surface area contributed by atoms with Gasteiger partial charge in [0, 0.05) is 12.5 Å². The van der Waals surface area contributed by atoms with E-state index in [9.17, 15) is 8.42 Å². The fourth-order valence-electron chi connectivity index (χ4n) is 1.06. The lowest BCUT2D eigenvalue weighted by Crippen LogP contribution is -1.86. The van der Waals surface area contributed by atoms with Crippen LogP contribution in [0.2, 0.25) is 0 Å². The van der Waals surface area contributed by atoms with Crippen molar-refractivity contribution in [2.45, 2.75) is 38.5 Å². The average Bonchev–Trinajstić information content (AvgIpc) is 1.88. The van der Waals surface area contributed by atoms with E-state index < -0.39 is 9.84 Å². The van der Waals surface area contributed by atoms with E-state index in [-0.39, 0.29) is 0 Å². The first-order chi connectivity index (χ1) is 5.00. The number of hydrogen-bond acceptors (Lipinski definition) is 2. The van der Waals surface area contributed by atoms with Gasteiger partial charge in [-0.3, -0.25) is 0 Å². The summed E-state index contributed by atoms with van der Waals surface area (Å²) in [6.45, 7) is 0. The van der Waals surface area contributed by atoms with Gasteiger partial charge in [-0.05, 0) is 0 Å². The zero-order chi connectivity index (χ0) is 8.74. The van der Waals surface area contributed by atoms with Gasteiger partial charge in [0.2, 0.25) is 0 Å². The molecule has 0 aliphatic heterocycles. The Morgan fingerprint density at radius 3 is 0.909 bits per heavy atom. The van der Waals surface area contributed by atoms with Crippen molar-refractivity contribution in [1.29, 1.82) is 0 Å². The van der Waals surface area contributed by atoms with E-state index in [0.29, 0.717) is 0 Å². The Balaban J connectivity index is 0.000000187. The molecule has 0 N–H and O–H groups in total. The zero-order valence-electron chi connectivity index (χ0n) is 7.47. The molecular weight excluding hydrogens is 160 g/mol. The maximum atomic E-state index is 9.63. The first-order valence-electron chi connectivity index (χ1n) is 4.15. The van der Waals surface area contributed by atoms with Crippen LogP contribution in [0.15, 0.2) is 0 Å². The highest BCUT2D eigenvalue weighted by atomic mass is 32.2. The zero-order valence-corrected chi connectivity index (χ0v) is 8.28. The molecule has 11 heavy (non-hydrogen) atoms. The predicted molar refractivity (Wildman–Crippen MR) is 48.5 cm³/mol. The quantitative estimate of drug-likeness (QED) is 0.568. The highest BCUT2D eigenvalue weighted by molar-refractivity contribution is 7.89. The van der Waals surface area contributed by atoms with E-state index in [1.807, 2.05) is 0 Å². The summed E-state index contributed by atoms with van der Waals surface area (Å²) in [5.74, 6) is 0. The van der Waals surface area contributed by atoms with E-state index in [4.69, 9.17) is 0 Å². The van der Waals surface area contributed by atoms with E-state index in [2.05, 4.69) is 0 Å². The summed E-state index contributed by atoms with van der Waals surface area (Å²) in [4.78, 5) is 0. The predicted octanol–water partition coefficient (Wildman–Crippen LogP) is 2.00. The minimum absolute atomic E-state index is 1.16. The van der Waals surface area contributed by atoms with Crippen LogP contribution in [0, 0.1) is 0 Å². The standard InChI is InChI=1S/C6H12.C2H6O2S/c1-2-4-6-5-3-1;1-5(2,3)4/h1-6H2;1-2H3. The van der Waals surface area contributed by atoms with E-state index >= 15 is 0 Å². The smallest absolute Gasteiger partial charge is 0.144 e. The van der Waals surface area contributed by atoms with Gasteiger partial charge in [0.1, 0.15) is 9.84 Å². The molecule has 0 amide bonds. The largest absolute Gasteiger partial charge is 0.229 e. The lowest BCUT2D eigenvalue weighted by molar-refractivity contribution is 0.504. The summed E-state index contributed by atoms with van der Waals surface area (Å²) in [6, 6.07) is 0. The molecule has 0 spiro atoms. The van der Waals surface area contributed by atoms with Crippen LogP contribution in [0.4, 0.5) is 0 Å². The Labute approximate surface area is 69.9 Å². The molecule has 0 heterocycles. The lowest BCUT2D eigenvalue weighted by atomic mass is 10.0. The molecule has 1 rings (SSSR count).